The van der Waals surface area contributed by atoms with Gasteiger partial charge in [0.25, 0.3) is 5.69 Å². The number of hydrogen-bond donors (Lipinski definition) is 1. The Bertz CT molecular complexity index is 649. The van der Waals surface area contributed by atoms with Crippen molar-refractivity contribution in [2.24, 2.45) is 0 Å². The van der Waals surface area contributed by atoms with Crippen molar-refractivity contribution in [1.29, 1.82) is 0 Å². The van der Waals surface area contributed by atoms with E-state index in [1.54, 1.807) is 0 Å². The maximum absolute atomic E-state index is 12.9. The van der Waals surface area contributed by atoms with E-state index in [-0.39, 0.29) is 11.7 Å². The maximum Gasteiger partial charge on any atom is 0.423 e. The van der Waals surface area contributed by atoms with Crippen LogP contribution in [0, 0.1) is 10.1 Å². The lowest BCUT2D eigenvalue weighted by atomic mass is 10.1. The van der Waals surface area contributed by atoms with E-state index >= 15 is 0 Å². The lowest BCUT2D eigenvalue weighted by molar-refractivity contribution is -0.388. The summed E-state index contributed by atoms with van der Waals surface area (Å²) in [6.07, 6.45) is -4.11. The number of likely N-dealkylation sites (N-methyl/N-ethyl adjacent to an activating group) is 1. The molecule has 1 fully saturated rings. The van der Waals surface area contributed by atoms with E-state index in [4.69, 9.17) is 0 Å². The quantitative estimate of drug-likeness (QED) is 0.674. The molecular weight excluding hydrogens is 329 g/mol. The zero-order valence-electron chi connectivity index (χ0n) is 13.1. The molecule has 1 saturated heterocycles. The zero-order valence-corrected chi connectivity index (χ0v) is 13.1. The number of amides is 2. The number of alkyl halides is 3. The van der Waals surface area contributed by atoms with Gasteiger partial charge in [-0.05, 0) is 32.6 Å². The molecule has 0 bridgehead atoms. The summed E-state index contributed by atoms with van der Waals surface area (Å²) in [7, 11) is 3.77. The third-order valence-corrected chi connectivity index (χ3v) is 3.93. The molecule has 0 aromatic heterocycles. The van der Waals surface area contributed by atoms with Crippen LogP contribution in [0.1, 0.15) is 12.0 Å². The molecule has 1 aromatic carbocycles. The van der Waals surface area contributed by atoms with Crippen molar-refractivity contribution in [2.75, 3.05) is 32.5 Å². The number of nitro groups is 1. The Morgan fingerprint density at radius 1 is 1.42 bits per heavy atom. The van der Waals surface area contributed by atoms with Gasteiger partial charge in [-0.2, -0.15) is 13.2 Å². The van der Waals surface area contributed by atoms with Crippen molar-refractivity contribution in [3.63, 3.8) is 0 Å². The Morgan fingerprint density at radius 2 is 2.08 bits per heavy atom. The summed E-state index contributed by atoms with van der Waals surface area (Å²) < 4.78 is 38.8. The SMILES string of the molecule is CN(C)[C@H]1CCN(C(=O)Nc2ccc([N+](=O)[O-])c(C(F)(F)F)c2)C1. The Balaban J connectivity index is 2.16. The van der Waals surface area contributed by atoms with Crippen LogP contribution in [0.15, 0.2) is 18.2 Å². The number of nitrogens with zero attached hydrogens (tertiary/aromatic N) is 3. The fourth-order valence-electron chi connectivity index (χ4n) is 2.55. The van der Waals surface area contributed by atoms with Gasteiger partial charge < -0.3 is 15.1 Å². The van der Waals surface area contributed by atoms with Crippen LogP contribution < -0.4 is 5.32 Å². The highest BCUT2D eigenvalue weighted by Gasteiger charge is 2.38. The zero-order chi connectivity index (χ0) is 18.1. The molecular formula is C14H17F3N4O3. The molecule has 10 heteroatoms. The number of hydrogen-bond acceptors (Lipinski definition) is 4. The van der Waals surface area contributed by atoms with Gasteiger partial charge in [-0.1, -0.05) is 0 Å². The van der Waals surface area contributed by atoms with Gasteiger partial charge >= 0.3 is 12.2 Å². The molecule has 0 saturated carbocycles. The van der Waals surface area contributed by atoms with Crippen molar-refractivity contribution < 1.29 is 22.9 Å². The highest BCUT2D eigenvalue weighted by atomic mass is 19.4. The minimum absolute atomic E-state index is 0.133. The van der Waals surface area contributed by atoms with E-state index in [2.05, 4.69) is 5.32 Å². The minimum Gasteiger partial charge on any atom is -0.323 e. The molecule has 0 unspecified atom stereocenters. The number of nitrogens with one attached hydrogen (secondary N) is 1. The van der Waals surface area contributed by atoms with E-state index in [0.29, 0.717) is 19.2 Å². The van der Waals surface area contributed by atoms with Crippen LogP contribution in [0.2, 0.25) is 0 Å². The van der Waals surface area contributed by atoms with Gasteiger partial charge in [0.15, 0.2) is 0 Å². The first kappa shape index (κ1) is 18.0. The van der Waals surface area contributed by atoms with Crippen LogP contribution in [0.25, 0.3) is 0 Å². The van der Waals surface area contributed by atoms with E-state index in [1.807, 2.05) is 19.0 Å². The van der Waals surface area contributed by atoms with Crippen LogP contribution in [-0.4, -0.2) is 54.0 Å². The first-order valence-corrected chi connectivity index (χ1v) is 7.17. The summed E-state index contributed by atoms with van der Waals surface area (Å²) in [5.74, 6) is 0. The summed E-state index contributed by atoms with van der Waals surface area (Å²) in [6, 6.07) is 2.07. The highest BCUT2D eigenvalue weighted by molar-refractivity contribution is 5.89. The molecule has 1 aliphatic heterocycles. The second-order valence-electron chi connectivity index (χ2n) is 5.77. The number of urea groups is 1. The summed E-state index contributed by atoms with van der Waals surface area (Å²) in [4.78, 5) is 25.2. The molecule has 1 N–H and O–H groups in total. The van der Waals surface area contributed by atoms with Gasteiger partial charge in [-0.15, -0.1) is 0 Å². The van der Waals surface area contributed by atoms with Gasteiger partial charge in [-0.3, -0.25) is 10.1 Å². The fourth-order valence-corrected chi connectivity index (χ4v) is 2.55. The molecule has 7 nitrogen and oxygen atoms in total. The van der Waals surface area contributed by atoms with Gasteiger partial charge in [0.05, 0.1) is 4.92 Å². The van der Waals surface area contributed by atoms with Gasteiger partial charge in [0.1, 0.15) is 5.56 Å². The number of likely N-dealkylation sites (tertiary alicyclic amines) is 1. The Morgan fingerprint density at radius 3 is 2.58 bits per heavy atom. The summed E-state index contributed by atoms with van der Waals surface area (Å²) in [5.41, 5.74) is -2.57. The summed E-state index contributed by atoms with van der Waals surface area (Å²) in [5, 5.41) is 13.1. The number of carbonyl (C=O) groups is 1. The monoisotopic (exact) mass is 346 g/mol. The number of rotatable bonds is 3. The molecule has 1 aromatic rings. The van der Waals surface area contributed by atoms with E-state index in [9.17, 15) is 28.1 Å². The molecule has 132 valence electrons. The summed E-state index contributed by atoms with van der Waals surface area (Å²) in [6.45, 7) is 0.964. The molecule has 1 heterocycles. The number of halogens is 3. The average Bonchev–Trinajstić information content (AvgIpc) is 2.96. The maximum atomic E-state index is 12.9. The van der Waals surface area contributed by atoms with E-state index < -0.39 is 28.4 Å². The van der Waals surface area contributed by atoms with Gasteiger partial charge in [0, 0.05) is 30.9 Å². The lowest BCUT2D eigenvalue weighted by Gasteiger charge is -2.21. The Labute approximate surface area is 136 Å². The average molecular weight is 346 g/mol. The standard InChI is InChI=1S/C14H17F3N4O3/c1-19(2)10-5-6-20(8-10)13(22)18-9-3-4-12(21(23)24)11(7-9)14(15,16)17/h3-4,7,10H,5-6,8H2,1-2H3,(H,18,22)/t10-/m0/s1. The largest absolute Gasteiger partial charge is 0.423 e. The van der Waals surface area contributed by atoms with Gasteiger partial charge in [-0.25, -0.2) is 4.79 Å². The normalized spacial score (nSPS) is 18.1. The van der Waals surface area contributed by atoms with Crippen LogP contribution in [0.4, 0.5) is 29.3 Å². The second kappa shape index (κ2) is 6.63. The van der Waals surface area contributed by atoms with Crippen LogP contribution in [0.5, 0.6) is 0 Å². The third-order valence-electron chi connectivity index (χ3n) is 3.93. The number of nitro benzene ring substituents is 1. The predicted octanol–water partition coefficient (Wildman–Crippen LogP) is 2.78. The van der Waals surface area contributed by atoms with Crippen molar-refractivity contribution >= 4 is 17.4 Å². The molecule has 1 aliphatic rings. The molecule has 24 heavy (non-hydrogen) atoms. The van der Waals surface area contributed by atoms with E-state index in [0.717, 1.165) is 18.6 Å². The second-order valence-corrected chi connectivity index (χ2v) is 5.77. The number of carbonyl (C=O) groups excluding carboxylic acids is 1. The van der Waals surface area contributed by atoms with Gasteiger partial charge in [0.2, 0.25) is 0 Å². The first-order chi connectivity index (χ1) is 11.1. The van der Waals surface area contributed by atoms with Crippen LogP contribution in [0.3, 0.4) is 0 Å². The Kier molecular flexibility index (Phi) is 4.97. The van der Waals surface area contributed by atoms with Crippen LogP contribution >= 0.6 is 0 Å². The van der Waals surface area contributed by atoms with Crippen molar-refractivity contribution in [1.82, 2.24) is 9.80 Å². The van der Waals surface area contributed by atoms with Crippen LogP contribution in [-0.2, 0) is 6.18 Å². The summed E-state index contributed by atoms with van der Waals surface area (Å²) >= 11 is 0. The fraction of sp³-hybridized carbons (Fsp3) is 0.500. The Hall–Kier alpha value is -2.36. The molecule has 2 amide bonds. The van der Waals surface area contributed by atoms with Crippen molar-refractivity contribution in [2.45, 2.75) is 18.6 Å². The number of anilines is 1. The first-order valence-electron chi connectivity index (χ1n) is 7.17. The number of benzene rings is 1. The van der Waals surface area contributed by atoms with Crippen molar-refractivity contribution in [3.05, 3.63) is 33.9 Å². The smallest absolute Gasteiger partial charge is 0.323 e. The minimum atomic E-state index is -4.88. The molecule has 0 aliphatic carbocycles. The molecule has 1 atom stereocenters. The third kappa shape index (κ3) is 3.94. The predicted molar refractivity (Wildman–Crippen MR) is 80.8 cm³/mol. The molecule has 0 radical (unpaired) electrons. The lowest BCUT2D eigenvalue weighted by Crippen LogP contribution is -2.36. The molecule has 0 spiro atoms. The van der Waals surface area contributed by atoms with E-state index in [1.165, 1.54) is 4.90 Å². The topological polar surface area (TPSA) is 78.7 Å². The highest BCUT2D eigenvalue weighted by Crippen LogP contribution is 2.37. The molecule has 2 rings (SSSR count). The van der Waals surface area contributed by atoms with Crippen molar-refractivity contribution in [3.8, 4) is 0 Å².